The van der Waals surface area contributed by atoms with Gasteiger partial charge in [-0.25, -0.2) is 9.97 Å². The second kappa shape index (κ2) is 6.53. The lowest BCUT2D eigenvalue weighted by Gasteiger charge is -2.10. The molecule has 1 aromatic carbocycles. The lowest BCUT2D eigenvalue weighted by Crippen LogP contribution is -2.12. The Morgan fingerprint density at radius 3 is 2.70 bits per heavy atom. The van der Waals surface area contributed by atoms with E-state index in [9.17, 15) is 0 Å². The smallest absolute Gasteiger partial charge is 0.185 e. The van der Waals surface area contributed by atoms with Crippen LogP contribution in [0.3, 0.4) is 0 Å². The average molecular weight is 267 g/mol. The number of nitrogens with zero attached hydrogens (tertiary/aromatic N) is 4. The molecule has 1 N–H and O–H groups in total. The fourth-order valence-corrected chi connectivity index (χ4v) is 1.77. The van der Waals surface area contributed by atoms with Crippen LogP contribution in [-0.4, -0.2) is 23.6 Å². The van der Waals surface area contributed by atoms with Crippen LogP contribution >= 0.6 is 0 Å². The number of benzene rings is 1. The van der Waals surface area contributed by atoms with E-state index in [-0.39, 0.29) is 0 Å². The number of hydrogen-bond acceptors (Lipinski definition) is 5. The molecule has 0 saturated carbocycles. The number of nitrogens with one attached hydrogen (secondary N) is 1. The molecule has 1 heterocycles. The molecule has 0 radical (unpaired) electrons. The lowest BCUT2D eigenvalue weighted by molar-refractivity contribution is 0.993. The van der Waals surface area contributed by atoms with Crippen LogP contribution in [0.15, 0.2) is 36.7 Å². The van der Waals surface area contributed by atoms with Crippen molar-refractivity contribution in [3.8, 4) is 6.19 Å². The van der Waals surface area contributed by atoms with Crippen LogP contribution in [0.2, 0.25) is 0 Å². The molecule has 0 saturated heterocycles. The summed E-state index contributed by atoms with van der Waals surface area (Å²) in [4.78, 5) is 9.58. The van der Waals surface area contributed by atoms with Crippen LogP contribution in [0.25, 0.3) is 0 Å². The zero-order chi connectivity index (χ0) is 14.4. The normalized spacial score (nSPS) is 9.85. The molecule has 0 spiro atoms. The van der Waals surface area contributed by atoms with Crippen LogP contribution in [0, 0.1) is 18.4 Å². The minimum absolute atomic E-state index is 0.584. The van der Waals surface area contributed by atoms with Gasteiger partial charge in [0.15, 0.2) is 6.19 Å². The van der Waals surface area contributed by atoms with E-state index in [2.05, 4.69) is 46.5 Å². The molecule has 0 fully saturated rings. The fraction of sp³-hybridized carbons (Fsp3) is 0.267. The van der Waals surface area contributed by atoms with Gasteiger partial charge in [0.2, 0.25) is 0 Å². The summed E-state index contributed by atoms with van der Waals surface area (Å²) in [6.07, 6.45) is 4.39. The first-order valence-corrected chi connectivity index (χ1v) is 6.44. The molecule has 102 valence electrons. The maximum absolute atomic E-state index is 8.82. The molecular formula is C15H17N5. The van der Waals surface area contributed by atoms with Crippen LogP contribution in [-0.2, 0) is 6.42 Å². The van der Waals surface area contributed by atoms with Crippen molar-refractivity contribution in [2.24, 2.45) is 0 Å². The van der Waals surface area contributed by atoms with E-state index in [0.717, 1.165) is 18.8 Å². The molecule has 0 atom stereocenters. The Hall–Kier alpha value is -2.61. The van der Waals surface area contributed by atoms with Gasteiger partial charge in [-0.15, -0.1) is 0 Å². The third-order valence-corrected chi connectivity index (χ3v) is 2.99. The van der Waals surface area contributed by atoms with Crippen molar-refractivity contribution in [1.29, 1.82) is 5.26 Å². The van der Waals surface area contributed by atoms with Gasteiger partial charge in [0, 0.05) is 19.7 Å². The van der Waals surface area contributed by atoms with E-state index in [1.165, 1.54) is 22.4 Å². The first-order chi connectivity index (χ1) is 9.69. The van der Waals surface area contributed by atoms with Gasteiger partial charge in [-0.2, -0.15) is 5.26 Å². The maximum Gasteiger partial charge on any atom is 0.185 e. The Labute approximate surface area is 118 Å². The minimum Gasteiger partial charge on any atom is -0.370 e. The Bertz CT molecular complexity index is 600. The van der Waals surface area contributed by atoms with Crippen molar-refractivity contribution in [2.75, 3.05) is 23.8 Å². The number of aryl methyl sites for hydroxylation is 1. The molecule has 5 heteroatoms. The highest BCUT2D eigenvalue weighted by molar-refractivity contribution is 5.50. The molecule has 1 aromatic heterocycles. The van der Waals surface area contributed by atoms with Crippen LogP contribution in [0.1, 0.15) is 11.1 Å². The summed E-state index contributed by atoms with van der Waals surface area (Å²) >= 11 is 0. The highest BCUT2D eigenvalue weighted by Crippen LogP contribution is 2.12. The van der Waals surface area contributed by atoms with E-state index in [4.69, 9.17) is 5.26 Å². The van der Waals surface area contributed by atoms with Gasteiger partial charge in [0.25, 0.3) is 0 Å². The maximum atomic E-state index is 8.82. The fourth-order valence-electron chi connectivity index (χ4n) is 1.77. The van der Waals surface area contributed by atoms with Crippen molar-refractivity contribution in [3.05, 3.63) is 47.8 Å². The summed E-state index contributed by atoms with van der Waals surface area (Å²) in [7, 11) is 1.67. The summed E-state index contributed by atoms with van der Waals surface area (Å²) in [5.74, 6) is 1.31. The number of nitriles is 1. The molecule has 0 bridgehead atoms. The van der Waals surface area contributed by atoms with Crippen molar-refractivity contribution in [3.63, 3.8) is 0 Å². The van der Waals surface area contributed by atoms with Crippen molar-refractivity contribution in [2.45, 2.75) is 13.3 Å². The molecule has 2 aromatic rings. The molecule has 5 nitrogen and oxygen atoms in total. The van der Waals surface area contributed by atoms with Gasteiger partial charge in [0.05, 0.1) is 0 Å². The second-order valence-electron chi connectivity index (χ2n) is 4.58. The molecule has 0 aliphatic heterocycles. The first-order valence-electron chi connectivity index (χ1n) is 6.44. The highest BCUT2D eigenvalue weighted by Gasteiger charge is 2.02. The standard InChI is InChI=1S/C15H17N5/c1-12-3-5-13(6-4-12)7-8-17-14-9-15(19-11-18-14)20(2)10-16/h3-6,9,11H,7-8H2,1-2H3,(H,17,18,19). The third-order valence-electron chi connectivity index (χ3n) is 2.99. The Balaban J connectivity index is 1.91. The van der Waals surface area contributed by atoms with Crippen molar-refractivity contribution in [1.82, 2.24) is 9.97 Å². The summed E-state index contributed by atoms with van der Waals surface area (Å²) < 4.78 is 0. The number of hydrogen-bond donors (Lipinski definition) is 1. The quantitative estimate of drug-likeness (QED) is 0.665. The topological polar surface area (TPSA) is 64.8 Å². The van der Waals surface area contributed by atoms with Gasteiger partial charge in [-0.3, -0.25) is 4.90 Å². The summed E-state index contributed by atoms with van der Waals surface area (Å²) in [6, 6.07) is 10.2. The summed E-state index contributed by atoms with van der Waals surface area (Å²) in [5, 5.41) is 12.1. The first kappa shape index (κ1) is 13.8. The molecule has 0 aliphatic carbocycles. The number of aromatic nitrogens is 2. The van der Waals surface area contributed by atoms with Gasteiger partial charge >= 0.3 is 0 Å². The van der Waals surface area contributed by atoms with Crippen molar-refractivity contribution < 1.29 is 0 Å². The molecule has 2 rings (SSSR count). The summed E-state index contributed by atoms with van der Waals surface area (Å²) in [6.45, 7) is 2.87. The van der Waals surface area contributed by atoms with Gasteiger partial charge < -0.3 is 5.32 Å². The van der Waals surface area contributed by atoms with Crippen LogP contribution < -0.4 is 10.2 Å². The molecule has 0 aliphatic rings. The van der Waals surface area contributed by atoms with E-state index >= 15 is 0 Å². The van der Waals surface area contributed by atoms with Crippen molar-refractivity contribution >= 4 is 11.6 Å². The van der Waals surface area contributed by atoms with E-state index in [0.29, 0.717) is 5.82 Å². The molecule has 20 heavy (non-hydrogen) atoms. The number of anilines is 2. The van der Waals surface area contributed by atoms with Gasteiger partial charge in [-0.05, 0) is 18.9 Å². The van der Waals surface area contributed by atoms with E-state index in [1.807, 2.05) is 6.19 Å². The lowest BCUT2D eigenvalue weighted by atomic mass is 10.1. The van der Waals surface area contributed by atoms with Crippen LogP contribution in [0.4, 0.5) is 11.6 Å². The largest absolute Gasteiger partial charge is 0.370 e. The zero-order valence-electron chi connectivity index (χ0n) is 11.7. The predicted octanol–water partition coefficient (Wildman–Crippen LogP) is 2.36. The van der Waals surface area contributed by atoms with E-state index < -0.39 is 0 Å². The Kier molecular flexibility index (Phi) is 4.51. The van der Waals surface area contributed by atoms with Crippen LogP contribution in [0.5, 0.6) is 0 Å². The Morgan fingerprint density at radius 1 is 1.25 bits per heavy atom. The predicted molar refractivity (Wildman–Crippen MR) is 79.4 cm³/mol. The zero-order valence-corrected chi connectivity index (χ0v) is 11.7. The minimum atomic E-state index is 0.584. The average Bonchev–Trinajstić information content (AvgIpc) is 2.49. The van der Waals surface area contributed by atoms with Gasteiger partial charge in [-0.1, -0.05) is 29.8 Å². The SMILES string of the molecule is Cc1ccc(CCNc2cc(N(C)C#N)ncn2)cc1. The second-order valence-corrected chi connectivity index (χ2v) is 4.58. The monoisotopic (exact) mass is 267 g/mol. The molecular weight excluding hydrogens is 250 g/mol. The third kappa shape index (κ3) is 3.69. The van der Waals surface area contributed by atoms with Gasteiger partial charge in [0.1, 0.15) is 18.0 Å². The number of rotatable bonds is 5. The molecule has 0 unspecified atom stereocenters. The summed E-state index contributed by atoms with van der Waals surface area (Å²) in [5.41, 5.74) is 2.55. The molecule has 0 amide bonds. The Morgan fingerprint density at radius 2 is 2.00 bits per heavy atom. The van der Waals surface area contributed by atoms with E-state index in [1.54, 1.807) is 13.1 Å². The highest BCUT2D eigenvalue weighted by atomic mass is 15.2.